The van der Waals surface area contributed by atoms with Gasteiger partial charge in [0.1, 0.15) is 6.61 Å². The van der Waals surface area contributed by atoms with Gasteiger partial charge in [-0.2, -0.15) is 5.10 Å². The van der Waals surface area contributed by atoms with Gasteiger partial charge in [-0.3, -0.25) is 5.10 Å². The smallest absolute Gasteiger partial charge is 0.409 e. The molecule has 1 aromatic carbocycles. The average molecular weight is 335 g/mol. The highest BCUT2D eigenvalue weighted by atomic mass is 35.5. The number of hydrogen-bond acceptors (Lipinski definition) is 4. The lowest BCUT2D eigenvalue weighted by molar-refractivity contribution is 0.155. The predicted molar refractivity (Wildman–Crippen MR) is 88.3 cm³/mol. The zero-order valence-corrected chi connectivity index (χ0v) is 13.7. The highest BCUT2D eigenvalue weighted by Crippen LogP contribution is 2.24. The van der Waals surface area contributed by atoms with E-state index < -0.39 is 0 Å². The summed E-state index contributed by atoms with van der Waals surface area (Å²) in [7, 11) is 2.02. The summed E-state index contributed by atoms with van der Waals surface area (Å²) in [5.41, 5.74) is 3.08. The lowest BCUT2D eigenvalue weighted by Crippen LogP contribution is -2.33. The van der Waals surface area contributed by atoms with Gasteiger partial charge in [-0.05, 0) is 19.2 Å². The number of hydrogen-bond donors (Lipinski definition) is 1. The first-order chi connectivity index (χ1) is 11.1. The van der Waals surface area contributed by atoms with Crippen LogP contribution < -0.4 is 0 Å². The second kappa shape index (κ2) is 7.02. The Kier molecular flexibility index (Phi) is 4.83. The van der Waals surface area contributed by atoms with Gasteiger partial charge in [-0.25, -0.2) is 4.79 Å². The molecule has 122 valence electrons. The summed E-state index contributed by atoms with van der Waals surface area (Å²) in [5, 5.41) is 7.89. The van der Waals surface area contributed by atoms with Crippen molar-refractivity contribution in [2.45, 2.75) is 6.54 Å². The fourth-order valence-electron chi connectivity index (χ4n) is 2.61. The monoisotopic (exact) mass is 334 g/mol. The minimum Gasteiger partial charge on any atom is -0.448 e. The fourth-order valence-corrected chi connectivity index (χ4v) is 2.81. The summed E-state index contributed by atoms with van der Waals surface area (Å²) < 4.78 is 4.93. The summed E-state index contributed by atoms with van der Waals surface area (Å²) >= 11 is 6.06. The Balaban J connectivity index is 1.62. The van der Waals surface area contributed by atoms with E-state index in [9.17, 15) is 4.79 Å². The number of carbonyl (C=O) groups is 1. The topological polar surface area (TPSA) is 61.5 Å². The molecule has 2 heterocycles. The van der Waals surface area contributed by atoms with Gasteiger partial charge in [0.05, 0.1) is 18.4 Å². The van der Waals surface area contributed by atoms with Crippen LogP contribution >= 0.6 is 11.6 Å². The predicted octanol–water partition coefficient (Wildman–Crippen LogP) is 2.61. The van der Waals surface area contributed by atoms with Gasteiger partial charge in [0, 0.05) is 35.8 Å². The molecule has 1 saturated heterocycles. The van der Waals surface area contributed by atoms with Crippen LogP contribution in [0.1, 0.15) is 5.56 Å². The molecule has 0 bridgehead atoms. The number of likely N-dealkylation sites (N-methyl/N-ethyl adjacent to an activating group) is 1. The molecular weight excluding hydrogens is 316 g/mol. The molecule has 0 radical (unpaired) electrons. The number of halogens is 1. The quantitative estimate of drug-likeness (QED) is 0.882. The summed E-state index contributed by atoms with van der Waals surface area (Å²) in [5.74, 6) is 0. The lowest BCUT2D eigenvalue weighted by Gasteiger charge is -2.20. The van der Waals surface area contributed by atoms with Gasteiger partial charge in [0.15, 0.2) is 0 Å². The number of amides is 1. The van der Waals surface area contributed by atoms with Crippen LogP contribution in [0.3, 0.4) is 0 Å². The minimum absolute atomic E-state index is 0.221. The van der Waals surface area contributed by atoms with Crippen molar-refractivity contribution in [3.8, 4) is 11.3 Å². The minimum atomic E-state index is -0.221. The summed E-state index contributed by atoms with van der Waals surface area (Å²) in [6.07, 6.45) is 1.61. The van der Waals surface area contributed by atoms with Crippen LogP contribution in [0.25, 0.3) is 11.3 Å². The van der Waals surface area contributed by atoms with Crippen LogP contribution in [0.15, 0.2) is 30.5 Å². The molecule has 6 nitrogen and oxygen atoms in total. The Hall–Kier alpha value is -2.05. The van der Waals surface area contributed by atoms with Crippen LogP contribution in [0.5, 0.6) is 0 Å². The summed E-state index contributed by atoms with van der Waals surface area (Å²) in [6, 6.07) is 7.69. The Labute approximate surface area is 140 Å². The number of ether oxygens (including phenoxy) is 1. The first kappa shape index (κ1) is 15.8. The number of nitrogens with zero attached hydrogens (tertiary/aromatic N) is 3. The molecule has 0 aliphatic carbocycles. The Morgan fingerprint density at radius 2 is 2.35 bits per heavy atom. The number of H-pyrrole nitrogens is 1. The maximum absolute atomic E-state index is 11.4. The number of carbonyl (C=O) groups excluding carboxylic acids is 1. The SMILES string of the molecule is CN(CCN1CCOC1=O)Cc1cn[nH]c1-c1cccc(Cl)c1. The molecule has 3 rings (SSSR count). The highest BCUT2D eigenvalue weighted by molar-refractivity contribution is 6.30. The molecule has 1 aliphatic rings. The summed E-state index contributed by atoms with van der Waals surface area (Å²) in [6.45, 7) is 3.34. The molecule has 2 aromatic rings. The van der Waals surface area contributed by atoms with E-state index in [0.29, 0.717) is 24.7 Å². The van der Waals surface area contributed by atoms with E-state index in [1.165, 1.54) is 0 Å². The Bertz CT molecular complexity index is 688. The number of rotatable bonds is 6. The maximum atomic E-state index is 11.4. The molecule has 0 spiro atoms. The van der Waals surface area contributed by atoms with Crippen molar-refractivity contribution in [3.05, 3.63) is 41.0 Å². The zero-order chi connectivity index (χ0) is 16.2. The van der Waals surface area contributed by atoms with Crippen LogP contribution in [-0.4, -0.2) is 59.4 Å². The van der Waals surface area contributed by atoms with Gasteiger partial charge in [-0.1, -0.05) is 23.7 Å². The number of cyclic esters (lactones) is 1. The Morgan fingerprint density at radius 1 is 1.48 bits per heavy atom. The molecule has 0 saturated carbocycles. The molecule has 1 N–H and O–H groups in total. The molecular formula is C16H19ClN4O2. The maximum Gasteiger partial charge on any atom is 0.409 e. The second-order valence-corrected chi connectivity index (χ2v) is 6.06. The second-order valence-electron chi connectivity index (χ2n) is 5.62. The molecule has 1 aliphatic heterocycles. The van der Waals surface area contributed by atoms with E-state index in [2.05, 4.69) is 15.1 Å². The summed E-state index contributed by atoms with van der Waals surface area (Å²) in [4.78, 5) is 15.3. The molecule has 1 aromatic heterocycles. The van der Waals surface area contributed by atoms with Crippen LogP contribution in [0.4, 0.5) is 4.79 Å². The van der Waals surface area contributed by atoms with E-state index in [4.69, 9.17) is 16.3 Å². The van der Waals surface area contributed by atoms with Crippen molar-refractivity contribution in [3.63, 3.8) is 0 Å². The van der Waals surface area contributed by atoms with Crippen molar-refractivity contribution >= 4 is 17.7 Å². The van der Waals surface area contributed by atoms with Crippen LogP contribution in [0, 0.1) is 0 Å². The fraction of sp³-hybridized carbons (Fsp3) is 0.375. The van der Waals surface area contributed by atoms with E-state index in [0.717, 1.165) is 29.9 Å². The van der Waals surface area contributed by atoms with Crippen molar-refractivity contribution < 1.29 is 9.53 Å². The third-order valence-corrected chi connectivity index (χ3v) is 4.10. The van der Waals surface area contributed by atoms with Gasteiger partial charge in [-0.15, -0.1) is 0 Å². The number of aromatic nitrogens is 2. The molecule has 7 heteroatoms. The van der Waals surface area contributed by atoms with Crippen LogP contribution in [0.2, 0.25) is 5.02 Å². The first-order valence-electron chi connectivity index (χ1n) is 7.52. The third kappa shape index (κ3) is 3.83. The molecule has 1 fully saturated rings. The molecule has 1 amide bonds. The van der Waals surface area contributed by atoms with E-state index in [1.54, 1.807) is 4.90 Å². The molecule has 0 atom stereocenters. The standard InChI is InChI=1S/C16H19ClN4O2/c1-20(5-6-21-7-8-23-16(21)22)11-13-10-18-19-15(13)12-3-2-4-14(17)9-12/h2-4,9-10H,5-8,11H2,1H3,(H,18,19). The van der Waals surface area contributed by atoms with Crippen LogP contribution in [-0.2, 0) is 11.3 Å². The lowest BCUT2D eigenvalue weighted by atomic mass is 10.1. The van der Waals surface area contributed by atoms with Gasteiger partial charge in [0.25, 0.3) is 0 Å². The van der Waals surface area contributed by atoms with E-state index in [-0.39, 0.29) is 6.09 Å². The largest absolute Gasteiger partial charge is 0.448 e. The normalized spacial score (nSPS) is 14.6. The van der Waals surface area contributed by atoms with E-state index in [1.807, 2.05) is 37.5 Å². The molecule has 23 heavy (non-hydrogen) atoms. The van der Waals surface area contributed by atoms with Gasteiger partial charge >= 0.3 is 6.09 Å². The van der Waals surface area contributed by atoms with Gasteiger partial charge in [0.2, 0.25) is 0 Å². The first-order valence-corrected chi connectivity index (χ1v) is 7.90. The number of nitrogens with one attached hydrogen (secondary N) is 1. The number of aromatic amines is 1. The van der Waals surface area contributed by atoms with Gasteiger partial charge < -0.3 is 14.5 Å². The molecule has 0 unspecified atom stereocenters. The Morgan fingerprint density at radius 3 is 3.09 bits per heavy atom. The van der Waals surface area contributed by atoms with Crippen molar-refractivity contribution in [1.82, 2.24) is 20.0 Å². The van der Waals surface area contributed by atoms with Crippen molar-refractivity contribution in [2.24, 2.45) is 0 Å². The van der Waals surface area contributed by atoms with Crippen molar-refractivity contribution in [2.75, 3.05) is 33.3 Å². The highest BCUT2D eigenvalue weighted by Gasteiger charge is 2.21. The third-order valence-electron chi connectivity index (χ3n) is 3.87. The number of benzene rings is 1. The average Bonchev–Trinajstić information content (AvgIpc) is 3.14. The van der Waals surface area contributed by atoms with E-state index >= 15 is 0 Å². The van der Waals surface area contributed by atoms with Crippen molar-refractivity contribution in [1.29, 1.82) is 0 Å². The zero-order valence-electron chi connectivity index (χ0n) is 13.0.